The van der Waals surface area contributed by atoms with Crippen molar-refractivity contribution in [1.29, 1.82) is 0 Å². The Bertz CT molecular complexity index is 556. The second kappa shape index (κ2) is 9.67. The number of halogens is 1. The smallest absolute Gasteiger partial charge is 0.305 e. The Morgan fingerprint density at radius 1 is 0.962 bits per heavy atom. The molecule has 0 aromatic heterocycles. The molecule has 0 aliphatic carbocycles. The molecule has 3 N–H and O–H groups in total. The maximum atomic E-state index is 11.5. The molecule has 11 nitrogen and oxygen atoms in total. The van der Waals surface area contributed by atoms with Crippen molar-refractivity contribution in [2.24, 2.45) is 5.73 Å². The van der Waals surface area contributed by atoms with E-state index in [1.54, 1.807) is 0 Å². The van der Waals surface area contributed by atoms with Gasteiger partial charge in [-0.2, -0.15) is 0 Å². The fourth-order valence-electron chi connectivity index (χ4n) is 2.37. The summed E-state index contributed by atoms with van der Waals surface area (Å²) in [5.74, 6) is -3.37. The summed E-state index contributed by atoms with van der Waals surface area (Å²) >= 11 is 0. The van der Waals surface area contributed by atoms with Crippen LogP contribution < -0.4 is 5.73 Å². The summed E-state index contributed by atoms with van der Waals surface area (Å²) < 4.78 is 25.3. The first-order valence-electron chi connectivity index (χ1n) is 7.27. The van der Waals surface area contributed by atoms with Crippen molar-refractivity contribution in [3.63, 3.8) is 0 Å². The first-order valence-corrected chi connectivity index (χ1v) is 7.27. The average Bonchev–Trinajstić information content (AvgIpc) is 2.44. The molecule has 1 rings (SSSR count). The summed E-state index contributed by atoms with van der Waals surface area (Å²) in [5.41, 5.74) is 3.72. The van der Waals surface area contributed by atoms with Gasteiger partial charge in [0.25, 0.3) is 12.0 Å². The van der Waals surface area contributed by atoms with Crippen molar-refractivity contribution < 1.29 is 48.0 Å². The van der Waals surface area contributed by atoms with E-state index in [-0.39, 0.29) is 12.4 Å². The minimum absolute atomic E-state index is 0. The molecule has 1 saturated heterocycles. The van der Waals surface area contributed by atoms with E-state index in [0.717, 1.165) is 27.7 Å². The zero-order valence-corrected chi connectivity index (χ0v) is 15.4. The normalized spacial score (nSPS) is 30.4. The minimum Gasteiger partial charge on any atom is -0.455 e. The van der Waals surface area contributed by atoms with E-state index in [1.807, 2.05) is 0 Å². The Morgan fingerprint density at radius 2 is 1.46 bits per heavy atom. The van der Waals surface area contributed by atoms with Gasteiger partial charge in [0.2, 0.25) is 6.10 Å². The highest BCUT2D eigenvalue weighted by molar-refractivity contribution is 5.85. The van der Waals surface area contributed by atoms with Crippen molar-refractivity contribution in [3.05, 3.63) is 0 Å². The molecule has 1 aliphatic heterocycles. The lowest BCUT2D eigenvalue weighted by molar-refractivity contribution is -0.335. The van der Waals surface area contributed by atoms with E-state index in [9.17, 15) is 24.3 Å². The second-order valence-corrected chi connectivity index (χ2v) is 5.35. The predicted octanol–water partition coefficient (Wildman–Crippen LogP) is -1.23. The second-order valence-electron chi connectivity index (χ2n) is 5.35. The van der Waals surface area contributed by atoms with E-state index in [4.69, 9.17) is 29.4 Å². The number of aliphatic hydroxyl groups excluding tert-OH is 1. The Kier molecular flexibility index (Phi) is 8.94. The van der Waals surface area contributed by atoms with Crippen LogP contribution in [0, 0.1) is 0 Å². The van der Waals surface area contributed by atoms with E-state index in [1.165, 1.54) is 0 Å². The molecule has 1 aliphatic rings. The molecule has 0 bridgehead atoms. The molecule has 12 heteroatoms. The number of carbonyl (C=O) groups is 4. The van der Waals surface area contributed by atoms with Crippen LogP contribution in [0.2, 0.25) is 0 Å². The average molecular weight is 400 g/mol. The monoisotopic (exact) mass is 399 g/mol. The van der Waals surface area contributed by atoms with E-state index < -0.39 is 60.8 Å². The number of hydrogen-bond acceptors (Lipinski definition) is 11. The van der Waals surface area contributed by atoms with Crippen LogP contribution in [0.5, 0.6) is 0 Å². The zero-order chi connectivity index (χ0) is 19.4. The molecular formula is C14H22ClNO10. The van der Waals surface area contributed by atoms with E-state index in [0.29, 0.717) is 0 Å². The van der Waals surface area contributed by atoms with Crippen molar-refractivity contribution in [1.82, 2.24) is 0 Å². The third-order valence-electron chi connectivity index (χ3n) is 3.14. The van der Waals surface area contributed by atoms with E-state index in [2.05, 4.69) is 0 Å². The molecule has 150 valence electrons. The molecule has 1 fully saturated rings. The highest BCUT2D eigenvalue weighted by Gasteiger charge is 2.62. The Labute approximate surface area is 155 Å². The summed E-state index contributed by atoms with van der Waals surface area (Å²) in [4.78, 5) is 45.6. The van der Waals surface area contributed by atoms with Gasteiger partial charge >= 0.3 is 23.9 Å². The first kappa shape index (κ1) is 24.1. The minimum atomic E-state index is -2.31. The first-order chi connectivity index (χ1) is 11.5. The molecule has 26 heavy (non-hydrogen) atoms. The number of esters is 4. The fraction of sp³-hybridized carbons (Fsp3) is 0.714. The quantitative estimate of drug-likeness (QED) is 0.323. The van der Waals surface area contributed by atoms with Crippen LogP contribution in [0.1, 0.15) is 27.7 Å². The van der Waals surface area contributed by atoms with Gasteiger partial charge in [-0.05, 0) is 0 Å². The topological polar surface area (TPSA) is 161 Å². The van der Waals surface area contributed by atoms with Crippen LogP contribution in [-0.4, -0.2) is 65.9 Å². The maximum absolute atomic E-state index is 11.5. The highest BCUT2D eigenvalue weighted by Crippen LogP contribution is 2.34. The SMILES string of the molecule is CC(=O)O[C@@H]1[C@@H](CO)O[C@@H](OC(C)=O)[C@](N)(OC(C)=O)[C@H]1OC(C)=O.Cl. The number of nitrogens with two attached hydrogens (primary N) is 1. The molecule has 0 amide bonds. The van der Waals surface area contributed by atoms with Crippen LogP contribution in [0.3, 0.4) is 0 Å². The molecular weight excluding hydrogens is 378 g/mol. The summed E-state index contributed by atoms with van der Waals surface area (Å²) in [6.07, 6.45) is -6.00. The molecule has 0 spiro atoms. The number of carbonyl (C=O) groups excluding carboxylic acids is 4. The Balaban J connectivity index is 0.00000625. The van der Waals surface area contributed by atoms with Gasteiger partial charge in [0, 0.05) is 27.7 Å². The lowest BCUT2D eigenvalue weighted by Crippen LogP contribution is -2.74. The van der Waals surface area contributed by atoms with Crippen LogP contribution in [0.25, 0.3) is 0 Å². The van der Waals surface area contributed by atoms with Gasteiger partial charge in [0.05, 0.1) is 6.61 Å². The van der Waals surface area contributed by atoms with Crippen molar-refractivity contribution in [2.75, 3.05) is 6.61 Å². The van der Waals surface area contributed by atoms with Crippen LogP contribution in [0.4, 0.5) is 0 Å². The third kappa shape index (κ3) is 5.80. The van der Waals surface area contributed by atoms with Gasteiger partial charge in [-0.25, -0.2) is 0 Å². The Morgan fingerprint density at radius 3 is 1.85 bits per heavy atom. The number of hydrogen-bond donors (Lipinski definition) is 2. The molecule has 0 saturated carbocycles. The fourth-order valence-corrected chi connectivity index (χ4v) is 2.37. The molecule has 0 radical (unpaired) electrons. The summed E-state index contributed by atoms with van der Waals surface area (Å²) in [7, 11) is 0. The van der Waals surface area contributed by atoms with Crippen LogP contribution in [-0.2, 0) is 42.9 Å². The van der Waals surface area contributed by atoms with Crippen LogP contribution >= 0.6 is 12.4 Å². The number of ether oxygens (including phenoxy) is 5. The largest absolute Gasteiger partial charge is 0.455 e. The summed E-state index contributed by atoms with van der Waals surface area (Å²) in [6, 6.07) is 0. The van der Waals surface area contributed by atoms with Gasteiger partial charge in [-0.1, -0.05) is 0 Å². The van der Waals surface area contributed by atoms with Crippen molar-refractivity contribution >= 4 is 36.3 Å². The molecule has 0 unspecified atom stereocenters. The summed E-state index contributed by atoms with van der Waals surface area (Å²) in [6.45, 7) is 3.49. The highest BCUT2D eigenvalue weighted by atomic mass is 35.5. The Hall–Kier alpha value is -1.95. The summed E-state index contributed by atoms with van der Waals surface area (Å²) in [5, 5.41) is 9.48. The van der Waals surface area contributed by atoms with E-state index >= 15 is 0 Å². The molecule has 0 aromatic rings. The molecule has 1 heterocycles. The van der Waals surface area contributed by atoms with Gasteiger partial charge < -0.3 is 28.8 Å². The lowest BCUT2D eigenvalue weighted by atomic mass is 9.93. The van der Waals surface area contributed by atoms with Gasteiger partial charge in [0.15, 0.2) is 6.10 Å². The number of rotatable bonds is 5. The van der Waals surface area contributed by atoms with Gasteiger partial charge in [-0.15, -0.1) is 12.4 Å². The molecule has 5 atom stereocenters. The third-order valence-corrected chi connectivity index (χ3v) is 3.14. The zero-order valence-electron chi connectivity index (χ0n) is 14.6. The van der Waals surface area contributed by atoms with Crippen LogP contribution in [0.15, 0.2) is 0 Å². The van der Waals surface area contributed by atoms with Crippen molar-refractivity contribution in [3.8, 4) is 0 Å². The van der Waals surface area contributed by atoms with Gasteiger partial charge in [-0.3, -0.25) is 24.9 Å². The van der Waals surface area contributed by atoms with Gasteiger partial charge in [0.1, 0.15) is 6.10 Å². The molecule has 0 aromatic carbocycles. The maximum Gasteiger partial charge on any atom is 0.305 e. The lowest BCUT2D eigenvalue weighted by Gasteiger charge is -2.48. The van der Waals surface area contributed by atoms with Crippen molar-refractivity contribution in [2.45, 2.75) is 58.0 Å². The number of aliphatic hydroxyl groups is 1. The predicted molar refractivity (Wildman–Crippen MR) is 84.6 cm³/mol. The standard InChI is InChI=1S/C14H21NO10.ClH/c1-6(17)21-11-10(5-16)24-13(23-8(3)19)14(15,25-9(4)20)12(11)22-7(2)18;/h10-13,16H,5,15H2,1-4H3;1H/t10-,11-,12+,13-,14-;/m1./s1.